The number of benzene rings is 1. The highest BCUT2D eigenvalue weighted by molar-refractivity contribution is 6.07. The molecular formula is C23H27N3O4. The number of piperidine rings is 1. The fourth-order valence-corrected chi connectivity index (χ4v) is 4.47. The van der Waals surface area contributed by atoms with Gasteiger partial charge >= 0.3 is 0 Å². The maximum atomic E-state index is 12.5. The fraction of sp³-hybridized carbons (Fsp3) is 0.478. The number of rotatable bonds is 5. The molecule has 2 heterocycles. The molecule has 0 spiro atoms. The number of imide groups is 1. The third-order valence-electron chi connectivity index (χ3n) is 6.23. The number of carbonyl (C=O) groups excluding carboxylic acids is 4. The molecule has 0 bridgehead atoms. The van der Waals surface area contributed by atoms with Crippen LogP contribution >= 0.6 is 0 Å². The van der Waals surface area contributed by atoms with Crippen molar-refractivity contribution in [3.8, 4) is 0 Å². The molecule has 2 atom stereocenters. The highest BCUT2D eigenvalue weighted by Gasteiger charge is 2.47. The van der Waals surface area contributed by atoms with Crippen LogP contribution in [0.25, 0.3) is 0 Å². The molecule has 4 rings (SSSR count). The van der Waals surface area contributed by atoms with Gasteiger partial charge in [-0.2, -0.15) is 0 Å². The van der Waals surface area contributed by atoms with Crippen LogP contribution in [0.15, 0.2) is 36.4 Å². The van der Waals surface area contributed by atoms with E-state index < -0.39 is 0 Å². The van der Waals surface area contributed by atoms with E-state index in [9.17, 15) is 19.2 Å². The van der Waals surface area contributed by atoms with E-state index in [0.717, 1.165) is 36.4 Å². The van der Waals surface area contributed by atoms with Crippen LogP contribution < -0.4 is 5.32 Å². The average Bonchev–Trinajstić information content (AvgIpc) is 3.03. The molecule has 0 saturated carbocycles. The van der Waals surface area contributed by atoms with Gasteiger partial charge in [-0.05, 0) is 49.8 Å². The van der Waals surface area contributed by atoms with Gasteiger partial charge in [-0.1, -0.05) is 24.3 Å². The Hall–Kier alpha value is -2.96. The van der Waals surface area contributed by atoms with Crippen molar-refractivity contribution >= 4 is 23.6 Å². The summed E-state index contributed by atoms with van der Waals surface area (Å²) in [5, 5.41) is 2.76. The SMILES string of the molecule is O=C(CN1C(=O)C2CC=CCC2C1=O)NCc1ccc(C(=O)N2CCCCC2)cc1. The first-order chi connectivity index (χ1) is 14.5. The lowest BCUT2D eigenvalue weighted by atomic mass is 9.85. The average molecular weight is 409 g/mol. The van der Waals surface area contributed by atoms with Gasteiger partial charge in [-0.15, -0.1) is 0 Å². The van der Waals surface area contributed by atoms with Crippen molar-refractivity contribution in [3.05, 3.63) is 47.5 Å². The molecule has 7 heteroatoms. The van der Waals surface area contributed by atoms with Crippen molar-refractivity contribution in [2.24, 2.45) is 11.8 Å². The van der Waals surface area contributed by atoms with E-state index in [1.54, 1.807) is 12.1 Å². The molecule has 2 fully saturated rings. The summed E-state index contributed by atoms with van der Waals surface area (Å²) in [6.45, 7) is 1.66. The monoisotopic (exact) mass is 409 g/mol. The number of nitrogens with one attached hydrogen (secondary N) is 1. The Balaban J connectivity index is 1.28. The molecule has 158 valence electrons. The van der Waals surface area contributed by atoms with E-state index >= 15 is 0 Å². The quantitative estimate of drug-likeness (QED) is 0.594. The second-order valence-electron chi connectivity index (χ2n) is 8.24. The van der Waals surface area contributed by atoms with Crippen molar-refractivity contribution in [1.29, 1.82) is 0 Å². The number of hydrogen-bond donors (Lipinski definition) is 1. The van der Waals surface area contributed by atoms with E-state index in [4.69, 9.17) is 0 Å². The molecule has 0 radical (unpaired) electrons. The number of likely N-dealkylation sites (tertiary alicyclic amines) is 2. The predicted molar refractivity (Wildman–Crippen MR) is 110 cm³/mol. The van der Waals surface area contributed by atoms with E-state index in [1.807, 2.05) is 29.2 Å². The summed E-state index contributed by atoms with van der Waals surface area (Å²) in [5.74, 6) is -1.44. The zero-order valence-corrected chi connectivity index (χ0v) is 17.0. The minimum absolute atomic E-state index is 0.0484. The van der Waals surface area contributed by atoms with Crippen molar-refractivity contribution in [2.75, 3.05) is 19.6 Å². The molecule has 7 nitrogen and oxygen atoms in total. The third kappa shape index (κ3) is 4.15. The Bertz CT molecular complexity index is 845. The van der Waals surface area contributed by atoms with Crippen LogP contribution in [0.4, 0.5) is 0 Å². The predicted octanol–water partition coefficient (Wildman–Crippen LogP) is 1.88. The number of hydrogen-bond acceptors (Lipinski definition) is 4. The Labute approximate surface area is 176 Å². The molecule has 4 amide bonds. The number of allylic oxidation sites excluding steroid dienone is 2. The molecule has 0 aromatic heterocycles. The van der Waals surface area contributed by atoms with Crippen LogP contribution in [0.3, 0.4) is 0 Å². The summed E-state index contributed by atoms with van der Waals surface area (Å²) in [4.78, 5) is 52.7. The van der Waals surface area contributed by atoms with Crippen LogP contribution in [0.2, 0.25) is 0 Å². The van der Waals surface area contributed by atoms with E-state index in [-0.39, 0.29) is 48.6 Å². The summed E-state index contributed by atoms with van der Waals surface area (Å²) in [6.07, 6.45) is 8.26. The Morgan fingerprint density at radius 1 is 0.900 bits per heavy atom. The van der Waals surface area contributed by atoms with Gasteiger partial charge in [0.05, 0.1) is 11.8 Å². The summed E-state index contributed by atoms with van der Waals surface area (Å²) in [7, 11) is 0. The van der Waals surface area contributed by atoms with Crippen LogP contribution in [-0.4, -0.2) is 53.1 Å². The number of fused-ring (bicyclic) bond motifs is 1. The normalized spacial score (nSPS) is 23.5. The smallest absolute Gasteiger partial charge is 0.253 e. The molecule has 1 aromatic rings. The van der Waals surface area contributed by atoms with Crippen molar-refractivity contribution < 1.29 is 19.2 Å². The molecule has 2 unspecified atom stereocenters. The standard InChI is InChI=1S/C23H27N3O4/c27-20(15-26-22(29)18-6-2-3-7-19(18)23(26)30)24-14-16-8-10-17(11-9-16)21(28)25-12-4-1-5-13-25/h2-3,8-11,18-19H,1,4-7,12-15H2,(H,24,27). The molecule has 2 aliphatic heterocycles. The van der Waals surface area contributed by atoms with Crippen molar-refractivity contribution in [3.63, 3.8) is 0 Å². The summed E-state index contributed by atoms with van der Waals surface area (Å²) in [6, 6.07) is 7.21. The first kappa shape index (κ1) is 20.3. The topological polar surface area (TPSA) is 86.8 Å². The van der Waals surface area contributed by atoms with Gasteiger partial charge in [0.25, 0.3) is 5.91 Å². The van der Waals surface area contributed by atoms with E-state index in [1.165, 1.54) is 6.42 Å². The van der Waals surface area contributed by atoms with Gasteiger partial charge < -0.3 is 10.2 Å². The van der Waals surface area contributed by atoms with Gasteiger partial charge in [0.15, 0.2) is 0 Å². The largest absolute Gasteiger partial charge is 0.350 e. The highest BCUT2D eigenvalue weighted by atomic mass is 16.2. The van der Waals surface area contributed by atoms with Crippen LogP contribution in [0.5, 0.6) is 0 Å². The molecule has 3 aliphatic rings. The van der Waals surface area contributed by atoms with Gasteiger partial charge in [0.2, 0.25) is 17.7 Å². The van der Waals surface area contributed by atoms with Crippen LogP contribution in [-0.2, 0) is 20.9 Å². The lowest BCUT2D eigenvalue weighted by Crippen LogP contribution is -2.40. The van der Waals surface area contributed by atoms with Gasteiger partial charge in [0.1, 0.15) is 6.54 Å². The van der Waals surface area contributed by atoms with Gasteiger partial charge in [-0.25, -0.2) is 0 Å². The highest BCUT2D eigenvalue weighted by Crippen LogP contribution is 2.34. The maximum absolute atomic E-state index is 12.5. The maximum Gasteiger partial charge on any atom is 0.253 e. The zero-order chi connectivity index (χ0) is 21.1. The Morgan fingerprint density at radius 3 is 2.10 bits per heavy atom. The van der Waals surface area contributed by atoms with E-state index in [0.29, 0.717) is 18.4 Å². The summed E-state index contributed by atoms with van der Waals surface area (Å²) < 4.78 is 0. The first-order valence-electron chi connectivity index (χ1n) is 10.7. The fourth-order valence-electron chi connectivity index (χ4n) is 4.47. The minimum atomic E-state index is -0.364. The van der Waals surface area contributed by atoms with Gasteiger partial charge in [-0.3, -0.25) is 24.1 Å². The Kier molecular flexibility index (Phi) is 5.97. The van der Waals surface area contributed by atoms with Crippen LogP contribution in [0.1, 0.15) is 48.0 Å². The second kappa shape index (κ2) is 8.81. The zero-order valence-electron chi connectivity index (χ0n) is 17.0. The van der Waals surface area contributed by atoms with Gasteiger partial charge in [0, 0.05) is 25.2 Å². The number of amides is 4. The summed E-state index contributed by atoms with van der Waals surface area (Å²) >= 11 is 0. The van der Waals surface area contributed by atoms with Crippen LogP contribution in [0, 0.1) is 11.8 Å². The minimum Gasteiger partial charge on any atom is -0.350 e. The molecular weight excluding hydrogens is 382 g/mol. The third-order valence-corrected chi connectivity index (χ3v) is 6.23. The molecule has 1 N–H and O–H groups in total. The molecule has 30 heavy (non-hydrogen) atoms. The van der Waals surface area contributed by atoms with Crippen molar-refractivity contribution in [2.45, 2.75) is 38.6 Å². The number of nitrogens with zero attached hydrogens (tertiary/aromatic N) is 2. The Morgan fingerprint density at radius 2 is 1.50 bits per heavy atom. The lowest BCUT2D eigenvalue weighted by Gasteiger charge is -2.26. The number of carbonyl (C=O) groups is 4. The molecule has 2 saturated heterocycles. The first-order valence-corrected chi connectivity index (χ1v) is 10.7. The molecule has 1 aromatic carbocycles. The lowest BCUT2D eigenvalue weighted by molar-refractivity contribution is -0.143. The molecule has 1 aliphatic carbocycles. The second-order valence-corrected chi connectivity index (χ2v) is 8.24. The van der Waals surface area contributed by atoms with Crippen molar-refractivity contribution in [1.82, 2.24) is 15.1 Å². The van der Waals surface area contributed by atoms with E-state index in [2.05, 4.69) is 5.32 Å². The summed E-state index contributed by atoms with van der Waals surface area (Å²) in [5.41, 5.74) is 1.51.